The molecule has 0 radical (unpaired) electrons. The lowest BCUT2D eigenvalue weighted by Crippen LogP contribution is -2.20. The molecule has 4 aromatic rings. The minimum Gasteiger partial charge on any atom is -0.484 e. The Balaban J connectivity index is 1.37. The van der Waals surface area contributed by atoms with Crippen molar-refractivity contribution in [1.82, 2.24) is 19.7 Å². The van der Waals surface area contributed by atoms with Gasteiger partial charge in [0.1, 0.15) is 5.75 Å². The second-order valence-corrected chi connectivity index (χ2v) is 7.66. The number of aromatic amines is 1. The maximum atomic E-state index is 12.5. The third kappa shape index (κ3) is 3.53. The summed E-state index contributed by atoms with van der Waals surface area (Å²) < 4.78 is 12.8. The van der Waals surface area contributed by atoms with Gasteiger partial charge in [-0.1, -0.05) is 29.6 Å². The largest absolute Gasteiger partial charge is 0.484 e. The maximum Gasteiger partial charge on any atom is 0.326 e. The number of H-pyrrole nitrogens is 1. The van der Waals surface area contributed by atoms with Crippen molar-refractivity contribution in [3.8, 4) is 17.1 Å². The second-order valence-electron chi connectivity index (χ2n) is 7.22. The van der Waals surface area contributed by atoms with E-state index in [1.54, 1.807) is 24.3 Å². The van der Waals surface area contributed by atoms with Crippen LogP contribution in [-0.4, -0.2) is 19.7 Å². The first-order valence-corrected chi connectivity index (χ1v) is 10.0. The topological polar surface area (TPSA) is 85.9 Å². The van der Waals surface area contributed by atoms with Gasteiger partial charge in [-0.3, -0.25) is 4.57 Å². The van der Waals surface area contributed by atoms with E-state index in [0.717, 1.165) is 29.4 Å². The van der Waals surface area contributed by atoms with Crippen LogP contribution in [-0.2, 0) is 6.61 Å². The SMILES string of the molecule is O=c1[nH]c2cc(-c3noc(COc4ccc(Cl)cc4)n3)ccc2n1C1CCCC1. The molecule has 0 aliphatic heterocycles. The van der Waals surface area contributed by atoms with Gasteiger partial charge < -0.3 is 14.2 Å². The van der Waals surface area contributed by atoms with Crippen LogP contribution in [0.25, 0.3) is 22.4 Å². The van der Waals surface area contributed by atoms with Crippen molar-refractivity contribution in [2.45, 2.75) is 38.3 Å². The van der Waals surface area contributed by atoms with E-state index in [2.05, 4.69) is 15.1 Å². The maximum absolute atomic E-state index is 12.5. The molecule has 1 saturated carbocycles. The van der Waals surface area contributed by atoms with Crippen molar-refractivity contribution >= 4 is 22.6 Å². The number of halogens is 1. The summed E-state index contributed by atoms with van der Waals surface area (Å²) in [6, 6.07) is 13.1. The molecule has 2 aromatic heterocycles. The van der Waals surface area contributed by atoms with Crippen molar-refractivity contribution in [3.05, 3.63) is 63.9 Å². The number of hydrogen-bond acceptors (Lipinski definition) is 5. The monoisotopic (exact) mass is 410 g/mol. The summed E-state index contributed by atoms with van der Waals surface area (Å²) in [6.45, 7) is 0.158. The minimum atomic E-state index is -0.0609. The Hall–Kier alpha value is -3.06. The Bertz CT molecular complexity index is 1200. The quantitative estimate of drug-likeness (QED) is 0.514. The highest BCUT2D eigenvalue weighted by Crippen LogP contribution is 2.31. The molecule has 0 amide bonds. The zero-order valence-electron chi connectivity index (χ0n) is 15.6. The Kier molecular flexibility index (Phi) is 4.60. The minimum absolute atomic E-state index is 0.0609. The predicted octanol–water partition coefficient (Wildman–Crippen LogP) is 4.73. The number of nitrogens with zero attached hydrogens (tertiary/aromatic N) is 3. The van der Waals surface area contributed by atoms with Crippen molar-refractivity contribution in [3.63, 3.8) is 0 Å². The van der Waals surface area contributed by atoms with Crippen LogP contribution in [0.3, 0.4) is 0 Å². The highest BCUT2D eigenvalue weighted by Gasteiger charge is 2.21. The average Bonchev–Trinajstić information content (AvgIpc) is 3.46. The summed E-state index contributed by atoms with van der Waals surface area (Å²) in [5.41, 5.74) is 2.41. The molecule has 148 valence electrons. The first-order chi connectivity index (χ1) is 14.2. The second kappa shape index (κ2) is 7.40. The van der Waals surface area contributed by atoms with Gasteiger partial charge in [-0.05, 0) is 55.3 Å². The van der Waals surface area contributed by atoms with Crippen LogP contribution in [0.5, 0.6) is 5.75 Å². The van der Waals surface area contributed by atoms with E-state index in [1.807, 2.05) is 22.8 Å². The van der Waals surface area contributed by atoms with E-state index in [1.165, 1.54) is 12.8 Å². The van der Waals surface area contributed by atoms with Gasteiger partial charge in [0.15, 0.2) is 6.61 Å². The molecule has 2 aromatic carbocycles. The molecule has 0 spiro atoms. The lowest BCUT2D eigenvalue weighted by molar-refractivity contribution is 0.243. The number of ether oxygens (including phenoxy) is 1. The van der Waals surface area contributed by atoms with Crippen LogP contribution in [0, 0.1) is 0 Å². The van der Waals surface area contributed by atoms with E-state index < -0.39 is 0 Å². The normalized spacial score (nSPS) is 14.7. The Labute approximate surface area is 171 Å². The van der Waals surface area contributed by atoms with Crippen LogP contribution in [0.4, 0.5) is 0 Å². The fourth-order valence-corrected chi connectivity index (χ4v) is 4.03. The van der Waals surface area contributed by atoms with E-state index in [4.69, 9.17) is 20.9 Å². The summed E-state index contributed by atoms with van der Waals surface area (Å²) in [5, 5.41) is 4.69. The molecule has 0 bridgehead atoms. The zero-order chi connectivity index (χ0) is 19.8. The molecule has 1 aliphatic rings. The highest BCUT2D eigenvalue weighted by molar-refractivity contribution is 6.30. The zero-order valence-corrected chi connectivity index (χ0v) is 16.4. The Morgan fingerprint density at radius 3 is 2.76 bits per heavy atom. The highest BCUT2D eigenvalue weighted by atomic mass is 35.5. The Morgan fingerprint density at radius 2 is 1.97 bits per heavy atom. The summed E-state index contributed by atoms with van der Waals surface area (Å²) in [5.74, 6) is 1.49. The van der Waals surface area contributed by atoms with Crippen molar-refractivity contribution in [2.24, 2.45) is 0 Å². The predicted molar refractivity (Wildman–Crippen MR) is 109 cm³/mol. The number of rotatable bonds is 5. The number of fused-ring (bicyclic) bond motifs is 1. The molecule has 1 N–H and O–H groups in total. The average molecular weight is 411 g/mol. The van der Waals surface area contributed by atoms with Crippen molar-refractivity contribution in [2.75, 3.05) is 0 Å². The third-order valence-electron chi connectivity index (χ3n) is 5.31. The fraction of sp³-hybridized carbons (Fsp3) is 0.286. The van der Waals surface area contributed by atoms with E-state index in [-0.39, 0.29) is 18.3 Å². The van der Waals surface area contributed by atoms with Gasteiger partial charge in [0.2, 0.25) is 5.82 Å². The number of hydrogen-bond donors (Lipinski definition) is 1. The van der Waals surface area contributed by atoms with Crippen molar-refractivity contribution in [1.29, 1.82) is 0 Å². The summed E-state index contributed by atoms with van der Waals surface area (Å²) in [4.78, 5) is 19.8. The number of imidazole rings is 1. The summed E-state index contributed by atoms with van der Waals surface area (Å²) >= 11 is 5.87. The van der Waals surface area contributed by atoms with Gasteiger partial charge in [0.25, 0.3) is 5.89 Å². The van der Waals surface area contributed by atoms with Gasteiger partial charge in [-0.2, -0.15) is 4.98 Å². The van der Waals surface area contributed by atoms with Crippen LogP contribution in [0.2, 0.25) is 5.02 Å². The molecule has 0 unspecified atom stereocenters. The molecule has 29 heavy (non-hydrogen) atoms. The summed E-state index contributed by atoms with van der Waals surface area (Å²) in [6.07, 6.45) is 4.45. The molecule has 0 saturated heterocycles. The van der Waals surface area contributed by atoms with Crippen LogP contribution < -0.4 is 10.4 Å². The lowest BCUT2D eigenvalue weighted by Gasteiger charge is -2.11. The molecule has 1 aliphatic carbocycles. The first kappa shape index (κ1) is 18.0. The van der Waals surface area contributed by atoms with Gasteiger partial charge in [-0.15, -0.1) is 0 Å². The third-order valence-corrected chi connectivity index (χ3v) is 5.56. The van der Waals surface area contributed by atoms with Crippen molar-refractivity contribution < 1.29 is 9.26 Å². The fourth-order valence-electron chi connectivity index (χ4n) is 3.90. The van der Waals surface area contributed by atoms with Gasteiger partial charge in [0.05, 0.1) is 11.0 Å². The number of aromatic nitrogens is 4. The first-order valence-electron chi connectivity index (χ1n) is 9.63. The molecule has 8 heteroatoms. The lowest BCUT2D eigenvalue weighted by atomic mass is 10.1. The molecule has 1 fully saturated rings. The van der Waals surface area contributed by atoms with Gasteiger partial charge in [0, 0.05) is 16.6 Å². The number of nitrogens with one attached hydrogen (secondary N) is 1. The van der Waals surface area contributed by atoms with Gasteiger partial charge in [-0.25, -0.2) is 4.79 Å². The smallest absolute Gasteiger partial charge is 0.326 e. The molecular formula is C21H19ClN4O3. The van der Waals surface area contributed by atoms with Gasteiger partial charge >= 0.3 is 5.69 Å². The molecule has 0 atom stereocenters. The summed E-state index contributed by atoms with van der Waals surface area (Å²) in [7, 11) is 0. The number of benzene rings is 2. The molecule has 2 heterocycles. The van der Waals surface area contributed by atoms with Crippen LogP contribution >= 0.6 is 11.6 Å². The van der Waals surface area contributed by atoms with Crippen LogP contribution in [0.1, 0.15) is 37.6 Å². The molecule has 5 rings (SSSR count). The van der Waals surface area contributed by atoms with Crippen LogP contribution in [0.15, 0.2) is 51.8 Å². The van der Waals surface area contributed by atoms with E-state index >= 15 is 0 Å². The van der Waals surface area contributed by atoms with E-state index in [0.29, 0.717) is 22.5 Å². The Morgan fingerprint density at radius 1 is 1.17 bits per heavy atom. The molecular weight excluding hydrogens is 392 g/mol. The standard InChI is InChI=1S/C21H19ClN4O3/c22-14-6-8-16(9-7-14)28-12-19-24-20(25-29-19)13-5-10-18-17(11-13)23-21(27)26(18)15-3-1-2-4-15/h5-11,15H,1-4,12H2,(H,23,27). The van der Waals surface area contributed by atoms with E-state index in [9.17, 15) is 4.79 Å². The molecule has 7 nitrogen and oxygen atoms in total.